The highest BCUT2D eigenvalue weighted by Crippen LogP contribution is 2.44. The summed E-state index contributed by atoms with van der Waals surface area (Å²) in [5, 5.41) is 20.7. The molecule has 1 saturated carbocycles. The number of nitriles is 1. The predicted molar refractivity (Wildman–Crippen MR) is 118 cm³/mol. The Morgan fingerprint density at radius 2 is 2.03 bits per heavy atom. The molecule has 1 aromatic carbocycles. The summed E-state index contributed by atoms with van der Waals surface area (Å²) in [6.07, 6.45) is -1.03. The summed E-state index contributed by atoms with van der Waals surface area (Å²) < 4.78 is 67.0. The smallest absolute Gasteiger partial charge is 0.404 e. The van der Waals surface area contributed by atoms with Crippen molar-refractivity contribution in [2.75, 3.05) is 0 Å². The van der Waals surface area contributed by atoms with Crippen molar-refractivity contribution < 1.29 is 26.7 Å². The molecule has 1 fully saturated rings. The number of alkyl halides is 3. The summed E-state index contributed by atoms with van der Waals surface area (Å²) >= 11 is 3.26. The quantitative estimate of drug-likeness (QED) is 0.471. The lowest BCUT2D eigenvalue weighted by Gasteiger charge is -2.30. The van der Waals surface area contributed by atoms with E-state index in [0.29, 0.717) is 39.3 Å². The number of fused-ring (bicyclic) bond motifs is 1. The van der Waals surface area contributed by atoms with Gasteiger partial charge in [0.1, 0.15) is 22.8 Å². The minimum atomic E-state index is -4.73. The lowest BCUT2D eigenvalue weighted by atomic mass is 9.92. The lowest BCUT2D eigenvalue weighted by Crippen LogP contribution is -2.42. The number of hydrogen-bond acceptors (Lipinski definition) is 5. The summed E-state index contributed by atoms with van der Waals surface area (Å²) in [6.45, 7) is 0.711. The molecule has 7 nitrogen and oxygen atoms in total. The number of hydrogen-bond donors (Lipinski definition) is 2. The molecule has 1 atom stereocenters. The Kier molecular flexibility index (Phi) is 5.92. The van der Waals surface area contributed by atoms with Crippen LogP contribution < -0.4 is 4.72 Å². The second-order valence-corrected chi connectivity index (χ2v) is 10.4. The fourth-order valence-electron chi connectivity index (χ4n) is 3.75. The van der Waals surface area contributed by atoms with Gasteiger partial charge in [-0.15, -0.1) is 0 Å². The zero-order valence-electron chi connectivity index (χ0n) is 17.2. The molecule has 1 aliphatic carbocycles. The maximum atomic E-state index is 12.8. The summed E-state index contributed by atoms with van der Waals surface area (Å²) in [6, 6.07) is 5.71. The van der Waals surface area contributed by atoms with E-state index in [1.54, 1.807) is 16.9 Å². The van der Waals surface area contributed by atoms with Gasteiger partial charge in [-0.2, -0.15) is 23.2 Å². The van der Waals surface area contributed by atoms with Crippen LogP contribution in [0.3, 0.4) is 0 Å². The van der Waals surface area contributed by atoms with Gasteiger partial charge in [-0.1, -0.05) is 0 Å². The number of phenolic OH excluding ortho intramolecular Hbond substituents is 1. The van der Waals surface area contributed by atoms with E-state index in [1.807, 2.05) is 4.57 Å². The molecule has 33 heavy (non-hydrogen) atoms. The van der Waals surface area contributed by atoms with Crippen molar-refractivity contribution in [2.24, 2.45) is 0 Å². The van der Waals surface area contributed by atoms with E-state index in [2.05, 4.69) is 27.0 Å². The Hall–Kier alpha value is -2.62. The second-order valence-electron chi connectivity index (χ2n) is 7.87. The number of sulfonamides is 1. The number of pyridine rings is 1. The first-order chi connectivity index (χ1) is 15.4. The van der Waals surface area contributed by atoms with Crippen molar-refractivity contribution in [1.29, 1.82) is 5.26 Å². The molecule has 0 bridgehead atoms. The van der Waals surface area contributed by atoms with E-state index in [4.69, 9.17) is 0 Å². The first kappa shape index (κ1) is 23.5. The standard InChI is InChI=1S/C21H18BrF3N4O3S/c1-11(21(23,24)25)28-33(31,32)13-5-6-17(27-10-13)20-15(9-26)14-7-16(22)19(30)8-18(14)29(20)12-3-2-4-12/h5-8,10-12,28,30H,2-4H2,1H3. The normalized spacial score (nSPS) is 15.9. The average Bonchev–Trinajstić information content (AvgIpc) is 2.99. The van der Waals surface area contributed by atoms with Gasteiger partial charge in [-0.05, 0) is 60.3 Å². The van der Waals surface area contributed by atoms with E-state index in [-0.39, 0.29) is 11.8 Å². The number of benzene rings is 1. The lowest BCUT2D eigenvalue weighted by molar-refractivity contribution is -0.147. The van der Waals surface area contributed by atoms with Crippen LogP contribution in [-0.4, -0.2) is 35.3 Å². The van der Waals surface area contributed by atoms with Crippen LogP contribution in [0.1, 0.15) is 37.8 Å². The third-order valence-corrected chi connectivity index (χ3v) is 7.90. The monoisotopic (exact) mass is 542 g/mol. The molecule has 174 valence electrons. The van der Waals surface area contributed by atoms with Gasteiger partial charge < -0.3 is 9.67 Å². The number of halogens is 4. The fraction of sp³-hybridized carbons (Fsp3) is 0.333. The van der Waals surface area contributed by atoms with Gasteiger partial charge in [0.2, 0.25) is 10.0 Å². The SMILES string of the molecule is CC(NS(=O)(=O)c1ccc(-c2c(C#N)c3cc(Br)c(O)cc3n2C2CCC2)nc1)C(F)(F)F. The highest BCUT2D eigenvalue weighted by atomic mass is 79.9. The molecule has 0 amide bonds. The molecule has 2 aromatic heterocycles. The molecule has 4 rings (SSSR count). The second kappa shape index (κ2) is 8.30. The van der Waals surface area contributed by atoms with Crippen molar-refractivity contribution >= 4 is 36.9 Å². The highest BCUT2D eigenvalue weighted by molar-refractivity contribution is 9.10. The van der Waals surface area contributed by atoms with Crippen molar-refractivity contribution in [3.63, 3.8) is 0 Å². The van der Waals surface area contributed by atoms with Crippen molar-refractivity contribution in [3.05, 3.63) is 40.5 Å². The fourth-order valence-corrected chi connectivity index (χ4v) is 5.27. The molecular formula is C21H18BrF3N4O3S. The Balaban J connectivity index is 1.82. The molecule has 1 unspecified atom stereocenters. The molecule has 2 N–H and O–H groups in total. The van der Waals surface area contributed by atoms with Gasteiger partial charge in [0, 0.05) is 23.7 Å². The first-order valence-electron chi connectivity index (χ1n) is 9.96. The van der Waals surface area contributed by atoms with E-state index >= 15 is 0 Å². The van der Waals surface area contributed by atoms with Crippen molar-refractivity contribution in [1.82, 2.24) is 14.3 Å². The third kappa shape index (κ3) is 4.20. The van der Waals surface area contributed by atoms with Gasteiger partial charge in [-0.3, -0.25) is 4.98 Å². The number of aromatic nitrogens is 2. The Morgan fingerprint density at radius 3 is 2.55 bits per heavy atom. The topological polar surface area (TPSA) is 108 Å². The molecule has 3 aromatic rings. The molecule has 0 saturated heterocycles. The van der Waals surface area contributed by atoms with Gasteiger partial charge >= 0.3 is 6.18 Å². The summed E-state index contributed by atoms with van der Waals surface area (Å²) in [7, 11) is -4.46. The van der Waals surface area contributed by atoms with Gasteiger partial charge in [0.15, 0.2) is 0 Å². The molecule has 1 aliphatic rings. The zero-order chi connectivity index (χ0) is 24.1. The van der Waals surface area contributed by atoms with Gasteiger partial charge in [-0.25, -0.2) is 8.42 Å². The number of nitrogens with one attached hydrogen (secondary N) is 1. The Labute approximate surface area is 196 Å². The van der Waals surface area contributed by atoms with E-state index in [0.717, 1.165) is 31.5 Å². The van der Waals surface area contributed by atoms with Crippen LogP contribution in [0, 0.1) is 11.3 Å². The Morgan fingerprint density at radius 1 is 1.33 bits per heavy atom. The van der Waals surface area contributed by atoms with Crippen LogP contribution in [0.2, 0.25) is 0 Å². The number of phenols is 1. The van der Waals surface area contributed by atoms with Crippen LogP contribution in [0.15, 0.2) is 39.8 Å². The molecule has 12 heteroatoms. The molecule has 2 heterocycles. The maximum Gasteiger partial charge on any atom is 0.404 e. The van der Waals surface area contributed by atoms with Gasteiger partial charge in [0.25, 0.3) is 0 Å². The van der Waals surface area contributed by atoms with Crippen molar-refractivity contribution in [3.8, 4) is 23.2 Å². The molecule has 0 aliphatic heterocycles. The number of nitrogens with zero attached hydrogens (tertiary/aromatic N) is 3. The summed E-state index contributed by atoms with van der Waals surface area (Å²) in [5.41, 5.74) is 1.72. The summed E-state index contributed by atoms with van der Waals surface area (Å²) in [5.74, 6) is 0.0101. The Bertz CT molecular complexity index is 1380. The first-order valence-corrected chi connectivity index (χ1v) is 12.2. The van der Waals surface area contributed by atoms with Crippen LogP contribution in [-0.2, 0) is 10.0 Å². The predicted octanol–water partition coefficient (Wildman–Crippen LogP) is 5.00. The summed E-state index contributed by atoms with van der Waals surface area (Å²) in [4.78, 5) is 3.76. The maximum absolute atomic E-state index is 12.8. The zero-order valence-corrected chi connectivity index (χ0v) is 19.6. The van der Waals surface area contributed by atoms with Crippen molar-refractivity contribution in [2.45, 2.75) is 49.3 Å². The molecule has 0 spiro atoms. The van der Waals surface area contributed by atoms with Crippen LogP contribution in [0.4, 0.5) is 13.2 Å². The molecule has 0 radical (unpaired) electrons. The number of rotatable bonds is 5. The third-order valence-electron chi connectivity index (χ3n) is 5.74. The minimum Gasteiger partial charge on any atom is -0.507 e. The van der Waals surface area contributed by atoms with Crippen LogP contribution >= 0.6 is 15.9 Å². The van der Waals surface area contributed by atoms with E-state index < -0.39 is 27.1 Å². The average molecular weight is 543 g/mol. The highest BCUT2D eigenvalue weighted by Gasteiger charge is 2.39. The minimum absolute atomic E-state index is 0.0101. The van der Waals surface area contributed by atoms with Gasteiger partial charge in [0.05, 0.1) is 26.9 Å². The van der Waals surface area contributed by atoms with E-state index in [1.165, 1.54) is 6.07 Å². The molecular weight excluding hydrogens is 525 g/mol. The number of aromatic hydroxyl groups is 1. The van der Waals surface area contributed by atoms with E-state index in [9.17, 15) is 32.0 Å². The van der Waals surface area contributed by atoms with Crippen LogP contribution in [0.25, 0.3) is 22.3 Å². The largest absolute Gasteiger partial charge is 0.507 e. The van der Waals surface area contributed by atoms with Crippen LogP contribution in [0.5, 0.6) is 5.75 Å².